The molecule has 24 heavy (non-hydrogen) atoms. The fourth-order valence-electron chi connectivity index (χ4n) is 3.15. The third kappa shape index (κ3) is 3.82. The summed E-state index contributed by atoms with van der Waals surface area (Å²) in [4.78, 5) is 32.3. The first-order valence-electron chi connectivity index (χ1n) is 8.11. The minimum Gasteiger partial charge on any atom is -0.497 e. The SMILES string of the molecule is COc1cccc(CC(=O)N2CCC[C@H](c3ccnc(=O)[nH]3)C2)c1. The van der Waals surface area contributed by atoms with Gasteiger partial charge < -0.3 is 14.6 Å². The molecule has 3 rings (SSSR count). The molecule has 0 unspecified atom stereocenters. The van der Waals surface area contributed by atoms with Gasteiger partial charge in [-0.3, -0.25) is 4.79 Å². The number of methoxy groups -OCH3 is 1. The van der Waals surface area contributed by atoms with Gasteiger partial charge in [0.25, 0.3) is 0 Å². The van der Waals surface area contributed by atoms with Crippen molar-refractivity contribution in [3.63, 3.8) is 0 Å². The molecule has 1 saturated heterocycles. The summed E-state index contributed by atoms with van der Waals surface area (Å²) in [6.07, 6.45) is 3.77. The Morgan fingerprint density at radius 1 is 1.42 bits per heavy atom. The van der Waals surface area contributed by atoms with E-state index in [1.807, 2.05) is 35.2 Å². The van der Waals surface area contributed by atoms with E-state index in [1.165, 1.54) is 6.20 Å². The number of ether oxygens (including phenoxy) is 1. The van der Waals surface area contributed by atoms with E-state index in [9.17, 15) is 9.59 Å². The summed E-state index contributed by atoms with van der Waals surface area (Å²) in [7, 11) is 1.62. The Bertz CT molecular complexity index is 772. The largest absolute Gasteiger partial charge is 0.497 e. The lowest BCUT2D eigenvalue weighted by molar-refractivity contribution is -0.131. The van der Waals surface area contributed by atoms with Gasteiger partial charge in [0.1, 0.15) is 5.75 Å². The average Bonchev–Trinajstić information content (AvgIpc) is 2.62. The molecule has 1 N–H and O–H groups in total. The molecule has 6 heteroatoms. The van der Waals surface area contributed by atoms with Gasteiger partial charge in [-0.25, -0.2) is 9.78 Å². The number of aromatic amines is 1. The summed E-state index contributed by atoms with van der Waals surface area (Å²) in [6.45, 7) is 1.39. The predicted molar refractivity (Wildman–Crippen MR) is 90.1 cm³/mol. The Kier molecular flexibility index (Phi) is 4.93. The molecule has 1 aromatic heterocycles. The van der Waals surface area contributed by atoms with Crippen LogP contribution in [0.3, 0.4) is 0 Å². The molecule has 2 heterocycles. The van der Waals surface area contributed by atoms with E-state index in [0.717, 1.165) is 36.4 Å². The molecule has 0 spiro atoms. The molecule has 1 amide bonds. The molecule has 0 radical (unpaired) electrons. The molecule has 1 aliphatic heterocycles. The number of aromatic nitrogens is 2. The van der Waals surface area contributed by atoms with Crippen LogP contribution in [0.5, 0.6) is 5.75 Å². The van der Waals surface area contributed by atoms with Crippen LogP contribution in [-0.4, -0.2) is 41.0 Å². The first-order chi connectivity index (χ1) is 11.7. The Morgan fingerprint density at radius 3 is 3.08 bits per heavy atom. The second-order valence-corrected chi connectivity index (χ2v) is 6.04. The highest BCUT2D eigenvalue weighted by atomic mass is 16.5. The van der Waals surface area contributed by atoms with Gasteiger partial charge in [-0.2, -0.15) is 0 Å². The lowest BCUT2D eigenvalue weighted by atomic mass is 9.94. The van der Waals surface area contributed by atoms with Gasteiger partial charge in [0.05, 0.1) is 13.5 Å². The van der Waals surface area contributed by atoms with E-state index in [1.54, 1.807) is 7.11 Å². The number of carbonyl (C=O) groups excluding carboxylic acids is 1. The third-order valence-corrected chi connectivity index (χ3v) is 4.40. The van der Waals surface area contributed by atoms with Crippen LogP contribution in [0.25, 0.3) is 0 Å². The quantitative estimate of drug-likeness (QED) is 0.928. The number of H-pyrrole nitrogens is 1. The molecular weight excluding hydrogens is 306 g/mol. The van der Waals surface area contributed by atoms with E-state index in [-0.39, 0.29) is 17.5 Å². The van der Waals surface area contributed by atoms with Crippen LogP contribution in [0.15, 0.2) is 41.3 Å². The Labute approximate surface area is 140 Å². The topological polar surface area (TPSA) is 75.3 Å². The van der Waals surface area contributed by atoms with Gasteiger partial charge in [-0.15, -0.1) is 0 Å². The molecule has 0 saturated carbocycles. The number of benzene rings is 1. The highest BCUT2D eigenvalue weighted by Gasteiger charge is 2.25. The molecule has 6 nitrogen and oxygen atoms in total. The Hall–Kier alpha value is -2.63. The standard InChI is InChI=1S/C18H21N3O3/c1-24-15-6-2-4-13(10-15)11-17(22)21-9-3-5-14(12-21)16-7-8-19-18(23)20-16/h2,4,6-8,10,14H,3,5,9,11-12H2,1H3,(H,19,20,23)/t14-/m0/s1. The van der Waals surface area contributed by atoms with Crippen LogP contribution in [0.1, 0.15) is 30.0 Å². The number of rotatable bonds is 4. The van der Waals surface area contributed by atoms with Crippen LogP contribution in [0, 0.1) is 0 Å². The average molecular weight is 327 g/mol. The summed E-state index contributed by atoms with van der Waals surface area (Å²) in [5.74, 6) is 1.01. The number of carbonyl (C=O) groups is 1. The minimum absolute atomic E-state index is 0.101. The molecule has 2 aromatic rings. The highest BCUT2D eigenvalue weighted by Crippen LogP contribution is 2.25. The Balaban J connectivity index is 1.67. The fraction of sp³-hybridized carbons (Fsp3) is 0.389. The van der Waals surface area contributed by atoms with Crippen molar-refractivity contribution in [3.05, 3.63) is 58.3 Å². The first kappa shape index (κ1) is 16.2. The van der Waals surface area contributed by atoms with Crippen LogP contribution < -0.4 is 10.4 Å². The van der Waals surface area contributed by atoms with Crippen molar-refractivity contribution in [1.82, 2.24) is 14.9 Å². The van der Waals surface area contributed by atoms with Crippen molar-refractivity contribution in [2.75, 3.05) is 20.2 Å². The maximum atomic E-state index is 12.6. The van der Waals surface area contributed by atoms with Crippen molar-refractivity contribution >= 4 is 5.91 Å². The van der Waals surface area contributed by atoms with Gasteiger partial charge >= 0.3 is 5.69 Å². The van der Waals surface area contributed by atoms with Gasteiger partial charge in [-0.1, -0.05) is 12.1 Å². The monoisotopic (exact) mass is 327 g/mol. The van der Waals surface area contributed by atoms with Crippen molar-refractivity contribution in [2.45, 2.75) is 25.2 Å². The van der Waals surface area contributed by atoms with Crippen molar-refractivity contribution in [2.24, 2.45) is 0 Å². The number of nitrogens with zero attached hydrogens (tertiary/aromatic N) is 2. The molecule has 1 aliphatic rings. The van der Waals surface area contributed by atoms with Gasteiger partial charge in [0, 0.05) is 30.9 Å². The van der Waals surface area contributed by atoms with Crippen molar-refractivity contribution < 1.29 is 9.53 Å². The van der Waals surface area contributed by atoms with Crippen LogP contribution in [0.2, 0.25) is 0 Å². The summed E-state index contributed by atoms with van der Waals surface area (Å²) in [6, 6.07) is 9.40. The molecule has 0 bridgehead atoms. The molecule has 0 aliphatic carbocycles. The van der Waals surface area contributed by atoms with Gasteiger partial charge in [0.15, 0.2) is 0 Å². The normalized spacial score (nSPS) is 17.5. The second kappa shape index (κ2) is 7.29. The number of likely N-dealkylation sites (tertiary alicyclic amines) is 1. The molecular formula is C18H21N3O3. The Morgan fingerprint density at radius 2 is 2.29 bits per heavy atom. The fourth-order valence-corrected chi connectivity index (χ4v) is 3.15. The van der Waals surface area contributed by atoms with Crippen LogP contribution in [-0.2, 0) is 11.2 Å². The van der Waals surface area contributed by atoms with Crippen molar-refractivity contribution in [1.29, 1.82) is 0 Å². The lowest BCUT2D eigenvalue weighted by Crippen LogP contribution is -2.40. The number of hydrogen-bond acceptors (Lipinski definition) is 4. The van der Waals surface area contributed by atoms with E-state index in [2.05, 4.69) is 9.97 Å². The molecule has 1 aromatic carbocycles. The molecule has 126 valence electrons. The zero-order chi connectivity index (χ0) is 16.9. The summed E-state index contributed by atoms with van der Waals surface area (Å²) in [5.41, 5.74) is 1.46. The van der Waals surface area contributed by atoms with Gasteiger partial charge in [-0.05, 0) is 36.6 Å². The zero-order valence-electron chi connectivity index (χ0n) is 13.7. The number of nitrogens with one attached hydrogen (secondary N) is 1. The minimum atomic E-state index is -0.340. The van der Waals surface area contributed by atoms with Crippen LogP contribution >= 0.6 is 0 Å². The smallest absolute Gasteiger partial charge is 0.345 e. The van der Waals surface area contributed by atoms with E-state index >= 15 is 0 Å². The lowest BCUT2D eigenvalue weighted by Gasteiger charge is -2.32. The number of amides is 1. The summed E-state index contributed by atoms with van der Waals surface area (Å²) < 4.78 is 5.20. The number of piperidine rings is 1. The second-order valence-electron chi connectivity index (χ2n) is 6.04. The molecule has 1 atom stereocenters. The van der Waals surface area contributed by atoms with Crippen molar-refractivity contribution in [3.8, 4) is 5.75 Å². The maximum Gasteiger partial charge on any atom is 0.345 e. The zero-order valence-corrected chi connectivity index (χ0v) is 13.7. The first-order valence-corrected chi connectivity index (χ1v) is 8.11. The van der Waals surface area contributed by atoms with E-state index in [4.69, 9.17) is 4.74 Å². The highest BCUT2D eigenvalue weighted by molar-refractivity contribution is 5.79. The van der Waals surface area contributed by atoms with E-state index < -0.39 is 0 Å². The number of hydrogen-bond donors (Lipinski definition) is 1. The third-order valence-electron chi connectivity index (χ3n) is 4.40. The summed E-state index contributed by atoms with van der Waals surface area (Å²) in [5, 5.41) is 0. The van der Waals surface area contributed by atoms with E-state index in [0.29, 0.717) is 13.0 Å². The van der Waals surface area contributed by atoms with Crippen LogP contribution in [0.4, 0.5) is 0 Å². The maximum absolute atomic E-state index is 12.6. The summed E-state index contributed by atoms with van der Waals surface area (Å²) >= 11 is 0. The molecule has 1 fully saturated rings. The predicted octanol–water partition coefficient (Wildman–Crippen LogP) is 1.73. The van der Waals surface area contributed by atoms with Gasteiger partial charge in [0.2, 0.25) is 5.91 Å².